The predicted molar refractivity (Wildman–Crippen MR) is 113 cm³/mol. The Balaban J connectivity index is 2.18. The molecule has 0 amide bonds. The van der Waals surface area contributed by atoms with Crippen LogP contribution in [0.25, 0.3) is 0 Å². The Labute approximate surface area is 174 Å². The van der Waals surface area contributed by atoms with Crippen LogP contribution in [0.2, 0.25) is 0 Å². The second-order valence-corrected chi connectivity index (χ2v) is 9.10. The normalized spacial score (nSPS) is 12.9. The van der Waals surface area contributed by atoms with E-state index in [1.165, 1.54) is 33.5 Å². The van der Waals surface area contributed by atoms with Gasteiger partial charge in [0.05, 0.1) is 31.1 Å². The van der Waals surface area contributed by atoms with Gasteiger partial charge in [-0.15, -0.1) is 0 Å². The number of nitrogens with zero attached hydrogens (tertiary/aromatic N) is 1. The molecule has 0 saturated carbocycles. The summed E-state index contributed by atoms with van der Waals surface area (Å²) in [7, 11) is 0.560. The lowest BCUT2D eigenvalue weighted by atomic mass is 10.1. The van der Waals surface area contributed by atoms with Crippen molar-refractivity contribution in [2.75, 3.05) is 33.7 Å². The molecular formula is C22H31N2O4S+. The minimum Gasteiger partial charge on any atom is -0.454 e. The zero-order valence-electron chi connectivity index (χ0n) is 17.6. The van der Waals surface area contributed by atoms with Crippen molar-refractivity contribution in [2.45, 2.75) is 31.3 Å². The third-order valence-corrected chi connectivity index (χ3v) is 6.82. The Kier molecular flexibility index (Phi) is 8.37. The molecular weight excluding hydrogens is 388 g/mol. The Morgan fingerprint density at radius 3 is 2.10 bits per heavy atom. The van der Waals surface area contributed by atoms with Gasteiger partial charge >= 0.3 is 5.97 Å². The molecule has 2 aromatic rings. The first-order valence-electron chi connectivity index (χ1n) is 9.94. The molecule has 29 heavy (non-hydrogen) atoms. The van der Waals surface area contributed by atoms with Crippen molar-refractivity contribution in [1.29, 1.82) is 0 Å². The first-order chi connectivity index (χ1) is 13.8. The average Bonchev–Trinajstić information content (AvgIpc) is 2.72. The van der Waals surface area contributed by atoms with Gasteiger partial charge in [-0.2, -0.15) is 4.31 Å². The quantitative estimate of drug-likeness (QED) is 0.599. The van der Waals surface area contributed by atoms with E-state index in [2.05, 4.69) is 14.1 Å². The fourth-order valence-electron chi connectivity index (χ4n) is 3.05. The molecule has 6 nitrogen and oxygen atoms in total. The molecule has 0 aliphatic rings. The Morgan fingerprint density at radius 1 is 1.00 bits per heavy atom. The van der Waals surface area contributed by atoms with Crippen LogP contribution in [0, 0.1) is 0 Å². The molecule has 0 spiro atoms. The molecule has 0 bridgehead atoms. The van der Waals surface area contributed by atoms with Gasteiger partial charge in [0.2, 0.25) is 10.0 Å². The van der Waals surface area contributed by atoms with Gasteiger partial charge in [0.1, 0.15) is 6.10 Å². The second-order valence-electron chi connectivity index (χ2n) is 7.16. The minimum absolute atomic E-state index is 0.175. The molecule has 7 heteroatoms. The summed E-state index contributed by atoms with van der Waals surface area (Å²) in [4.78, 5) is 14.1. The van der Waals surface area contributed by atoms with E-state index in [0.717, 1.165) is 12.1 Å². The standard InChI is InChI=1S/C22H30N2O4S/c1-5-24(6-2)29(26,27)20-14-12-19(13-15-20)22(25)28-21(16-17-23(3)4)18-10-8-7-9-11-18/h7-15,21H,5-6,16-17H2,1-4H3/p+1/t21-/m0/s1. The maximum atomic E-state index is 12.7. The van der Waals surface area contributed by atoms with Gasteiger partial charge in [-0.1, -0.05) is 44.2 Å². The van der Waals surface area contributed by atoms with Crippen LogP contribution in [0.3, 0.4) is 0 Å². The summed E-state index contributed by atoms with van der Waals surface area (Å²) in [5, 5.41) is 0. The number of carbonyl (C=O) groups excluding carboxylic acids is 1. The molecule has 0 aliphatic heterocycles. The Hall–Kier alpha value is -2.22. The van der Waals surface area contributed by atoms with E-state index < -0.39 is 16.0 Å². The largest absolute Gasteiger partial charge is 0.454 e. The fourth-order valence-corrected chi connectivity index (χ4v) is 4.51. The molecule has 2 aromatic carbocycles. The van der Waals surface area contributed by atoms with Crippen LogP contribution in [0.15, 0.2) is 59.5 Å². The molecule has 0 aromatic heterocycles. The van der Waals surface area contributed by atoms with Gasteiger partial charge in [0.15, 0.2) is 0 Å². The lowest BCUT2D eigenvalue weighted by molar-refractivity contribution is -0.858. The van der Waals surface area contributed by atoms with Crippen molar-refractivity contribution in [3.8, 4) is 0 Å². The Bertz CT molecular complexity index is 877. The number of quaternary nitrogens is 1. The molecule has 0 saturated heterocycles. The maximum absolute atomic E-state index is 12.7. The molecule has 0 aliphatic carbocycles. The van der Waals surface area contributed by atoms with Gasteiger partial charge in [-0.05, 0) is 29.8 Å². The predicted octanol–water partition coefficient (Wildman–Crippen LogP) is 2.15. The van der Waals surface area contributed by atoms with Crippen LogP contribution < -0.4 is 4.90 Å². The molecule has 0 radical (unpaired) electrons. The molecule has 1 N–H and O–H groups in total. The van der Waals surface area contributed by atoms with Crippen molar-refractivity contribution in [2.24, 2.45) is 0 Å². The maximum Gasteiger partial charge on any atom is 0.338 e. The van der Waals surface area contributed by atoms with Gasteiger partial charge in [-0.3, -0.25) is 0 Å². The van der Waals surface area contributed by atoms with Crippen LogP contribution >= 0.6 is 0 Å². The highest BCUT2D eigenvalue weighted by Crippen LogP contribution is 2.23. The van der Waals surface area contributed by atoms with Crippen LogP contribution in [-0.4, -0.2) is 52.4 Å². The molecule has 0 unspecified atom stereocenters. The summed E-state index contributed by atoms with van der Waals surface area (Å²) < 4.78 is 32.4. The number of sulfonamides is 1. The van der Waals surface area contributed by atoms with E-state index >= 15 is 0 Å². The summed E-state index contributed by atoms with van der Waals surface area (Å²) in [6.07, 6.45) is 0.352. The van der Waals surface area contributed by atoms with E-state index in [9.17, 15) is 13.2 Å². The van der Waals surface area contributed by atoms with E-state index in [1.54, 1.807) is 13.8 Å². The van der Waals surface area contributed by atoms with Gasteiger partial charge in [-0.25, -0.2) is 13.2 Å². The van der Waals surface area contributed by atoms with Crippen molar-refractivity contribution < 1.29 is 22.8 Å². The molecule has 0 heterocycles. The highest BCUT2D eigenvalue weighted by molar-refractivity contribution is 7.89. The van der Waals surface area contributed by atoms with E-state index in [4.69, 9.17) is 4.74 Å². The smallest absolute Gasteiger partial charge is 0.338 e. The lowest BCUT2D eigenvalue weighted by Gasteiger charge is -2.20. The Morgan fingerprint density at radius 2 is 1.59 bits per heavy atom. The van der Waals surface area contributed by atoms with Crippen LogP contribution in [0.1, 0.15) is 42.3 Å². The van der Waals surface area contributed by atoms with Crippen LogP contribution in [0.5, 0.6) is 0 Å². The molecule has 2 rings (SSSR count). The highest BCUT2D eigenvalue weighted by Gasteiger charge is 2.23. The monoisotopic (exact) mass is 419 g/mol. The summed E-state index contributed by atoms with van der Waals surface area (Å²) in [6.45, 7) is 5.25. The summed E-state index contributed by atoms with van der Waals surface area (Å²) in [5.74, 6) is -0.459. The molecule has 158 valence electrons. The molecule has 0 fully saturated rings. The van der Waals surface area contributed by atoms with Crippen molar-refractivity contribution in [1.82, 2.24) is 4.31 Å². The minimum atomic E-state index is -3.55. The van der Waals surface area contributed by atoms with Gasteiger partial charge in [0, 0.05) is 19.5 Å². The number of rotatable bonds is 10. The van der Waals surface area contributed by atoms with Crippen molar-refractivity contribution in [3.05, 3.63) is 65.7 Å². The average molecular weight is 420 g/mol. The number of esters is 1. The number of ether oxygens (including phenoxy) is 1. The number of nitrogens with one attached hydrogen (secondary N) is 1. The summed E-state index contributed by atoms with van der Waals surface area (Å²) >= 11 is 0. The third-order valence-electron chi connectivity index (χ3n) is 4.76. The first kappa shape index (κ1) is 23.1. The zero-order chi connectivity index (χ0) is 21.4. The number of hydrogen-bond acceptors (Lipinski definition) is 4. The molecule has 1 atom stereocenters. The van der Waals surface area contributed by atoms with E-state index in [1.807, 2.05) is 30.3 Å². The van der Waals surface area contributed by atoms with Crippen molar-refractivity contribution in [3.63, 3.8) is 0 Å². The fraction of sp³-hybridized carbons (Fsp3) is 0.409. The summed E-state index contributed by atoms with van der Waals surface area (Å²) in [6, 6.07) is 15.6. The SMILES string of the molecule is CCN(CC)S(=O)(=O)c1ccc(C(=O)O[C@@H](CC[NH+](C)C)c2ccccc2)cc1. The summed E-state index contributed by atoms with van der Waals surface area (Å²) in [5.41, 5.74) is 1.28. The van der Waals surface area contributed by atoms with Crippen LogP contribution in [0.4, 0.5) is 0 Å². The third kappa shape index (κ3) is 6.13. The zero-order valence-corrected chi connectivity index (χ0v) is 18.4. The topological polar surface area (TPSA) is 68.1 Å². The van der Waals surface area contributed by atoms with Crippen molar-refractivity contribution >= 4 is 16.0 Å². The highest BCUT2D eigenvalue weighted by atomic mass is 32.2. The van der Waals surface area contributed by atoms with Gasteiger partial charge < -0.3 is 9.64 Å². The van der Waals surface area contributed by atoms with Crippen LogP contribution in [-0.2, 0) is 14.8 Å². The number of carbonyl (C=O) groups is 1. The number of benzene rings is 2. The van der Waals surface area contributed by atoms with E-state index in [0.29, 0.717) is 25.1 Å². The van der Waals surface area contributed by atoms with E-state index in [-0.39, 0.29) is 11.0 Å². The number of hydrogen-bond donors (Lipinski definition) is 1. The first-order valence-corrected chi connectivity index (χ1v) is 11.4. The van der Waals surface area contributed by atoms with Gasteiger partial charge in [0.25, 0.3) is 0 Å². The second kappa shape index (κ2) is 10.5. The lowest BCUT2D eigenvalue weighted by Crippen LogP contribution is -3.05.